The number of fused-ring (bicyclic) bond motifs is 4. The number of hydrogen-bond donors (Lipinski definition) is 1. The van der Waals surface area contributed by atoms with Gasteiger partial charge in [0.25, 0.3) is 0 Å². The van der Waals surface area contributed by atoms with Crippen molar-refractivity contribution in [2.24, 2.45) is 0 Å². The van der Waals surface area contributed by atoms with Crippen molar-refractivity contribution in [1.29, 1.82) is 0 Å². The van der Waals surface area contributed by atoms with E-state index in [2.05, 4.69) is 37.1 Å². The van der Waals surface area contributed by atoms with Gasteiger partial charge in [-0.1, -0.05) is 31.2 Å². The van der Waals surface area contributed by atoms with Gasteiger partial charge in [0.15, 0.2) is 0 Å². The summed E-state index contributed by atoms with van der Waals surface area (Å²) in [6.07, 6.45) is 1.97. The van der Waals surface area contributed by atoms with Crippen molar-refractivity contribution in [3.05, 3.63) is 35.4 Å². The summed E-state index contributed by atoms with van der Waals surface area (Å²) in [6, 6.07) is 8.71. The van der Waals surface area contributed by atoms with Crippen molar-refractivity contribution in [3.8, 4) is 0 Å². The molecule has 0 saturated carbocycles. The molecule has 1 aromatic rings. The molecule has 2 aliphatic rings. The molecule has 2 nitrogen and oxygen atoms in total. The van der Waals surface area contributed by atoms with E-state index in [1.807, 2.05) is 6.07 Å². The topological polar surface area (TPSA) is 23.5 Å². The summed E-state index contributed by atoms with van der Waals surface area (Å²) in [5.41, 5.74) is 2.78. The fourth-order valence-corrected chi connectivity index (χ4v) is 3.42. The van der Waals surface area contributed by atoms with Gasteiger partial charge in [0.05, 0.1) is 6.10 Å². The molecule has 0 amide bonds. The van der Waals surface area contributed by atoms with Gasteiger partial charge >= 0.3 is 0 Å². The number of likely N-dealkylation sites (N-methyl/N-ethyl adjacent to an activating group) is 1. The Morgan fingerprint density at radius 1 is 1.38 bits per heavy atom. The molecule has 1 saturated heterocycles. The largest absolute Gasteiger partial charge is 0.387 e. The van der Waals surface area contributed by atoms with E-state index in [9.17, 15) is 5.11 Å². The smallest absolute Gasteiger partial charge is 0.0948 e. The maximum Gasteiger partial charge on any atom is 0.0948 e. The van der Waals surface area contributed by atoms with Crippen molar-refractivity contribution in [2.45, 2.75) is 37.3 Å². The average molecular weight is 217 g/mol. The van der Waals surface area contributed by atoms with E-state index in [1.54, 1.807) is 0 Å². The summed E-state index contributed by atoms with van der Waals surface area (Å²) in [5.74, 6) is 0. The Hall–Kier alpha value is -0.860. The van der Waals surface area contributed by atoms with Crippen molar-refractivity contribution < 1.29 is 5.11 Å². The summed E-state index contributed by atoms with van der Waals surface area (Å²) in [6.45, 7) is 3.43. The highest BCUT2D eigenvalue weighted by molar-refractivity contribution is 5.40. The van der Waals surface area contributed by atoms with Crippen molar-refractivity contribution in [2.75, 3.05) is 13.6 Å². The molecule has 1 aromatic carbocycles. The quantitative estimate of drug-likeness (QED) is 0.719. The first-order valence-electron chi connectivity index (χ1n) is 6.09. The number of benzene rings is 1. The van der Waals surface area contributed by atoms with Gasteiger partial charge in [0.2, 0.25) is 0 Å². The van der Waals surface area contributed by atoms with Crippen molar-refractivity contribution in [1.82, 2.24) is 4.90 Å². The molecule has 0 spiro atoms. The lowest BCUT2D eigenvalue weighted by Crippen LogP contribution is -2.52. The maximum atomic E-state index is 10.4. The van der Waals surface area contributed by atoms with Crippen LogP contribution in [0, 0.1) is 0 Å². The Morgan fingerprint density at radius 2 is 2.12 bits per heavy atom. The summed E-state index contributed by atoms with van der Waals surface area (Å²) in [5, 5.41) is 10.4. The lowest BCUT2D eigenvalue weighted by molar-refractivity contribution is 0.000444. The predicted molar refractivity (Wildman–Crippen MR) is 64.4 cm³/mol. The van der Waals surface area contributed by atoms with Gasteiger partial charge in [0.1, 0.15) is 0 Å². The number of likely N-dealkylation sites (tertiary alicyclic amines) is 1. The number of aliphatic hydroxyl groups excluding tert-OH is 1. The molecule has 1 fully saturated rings. The van der Waals surface area contributed by atoms with E-state index in [0.29, 0.717) is 6.04 Å². The third-order valence-electron chi connectivity index (χ3n) is 4.54. The SMILES string of the molecule is CN1CCC2(C)CC1C(O)c1ccccc12. The molecule has 2 heteroatoms. The van der Waals surface area contributed by atoms with E-state index in [-0.39, 0.29) is 11.5 Å². The van der Waals surface area contributed by atoms with Crippen LogP contribution in [0.3, 0.4) is 0 Å². The van der Waals surface area contributed by atoms with E-state index < -0.39 is 0 Å². The second kappa shape index (κ2) is 3.31. The van der Waals surface area contributed by atoms with Crippen LogP contribution >= 0.6 is 0 Å². The first-order chi connectivity index (χ1) is 7.62. The molecule has 2 bridgehead atoms. The van der Waals surface area contributed by atoms with E-state index >= 15 is 0 Å². The van der Waals surface area contributed by atoms with Crippen molar-refractivity contribution in [3.63, 3.8) is 0 Å². The number of rotatable bonds is 0. The number of aliphatic hydroxyl groups is 1. The Morgan fingerprint density at radius 3 is 2.94 bits per heavy atom. The monoisotopic (exact) mass is 217 g/mol. The van der Waals surface area contributed by atoms with Crippen LogP contribution in [0.25, 0.3) is 0 Å². The molecular formula is C14H19NO. The highest BCUT2D eigenvalue weighted by Crippen LogP contribution is 2.47. The maximum absolute atomic E-state index is 10.4. The Bertz CT molecular complexity index is 417. The highest BCUT2D eigenvalue weighted by Gasteiger charge is 2.45. The van der Waals surface area contributed by atoms with Gasteiger partial charge in [-0.25, -0.2) is 0 Å². The van der Waals surface area contributed by atoms with Crippen LogP contribution in [-0.2, 0) is 5.41 Å². The summed E-state index contributed by atoms with van der Waals surface area (Å²) < 4.78 is 0. The molecule has 1 heterocycles. The molecule has 1 aliphatic heterocycles. The second-order valence-electron chi connectivity index (χ2n) is 5.59. The zero-order valence-electron chi connectivity index (χ0n) is 9.98. The number of nitrogens with zero attached hydrogens (tertiary/aromatic N) is 1. The van der Waals surface area contributed by atoms with Gasteiger partial charge in [-0.05, 0) is 43.0 Å². The van der Waals surface area contributed by atoms with Gasteiger partial charge in [0, 0.05) is 6.04 Å². The molecular weight excluding hydrogens is 198 g/mol. The van der Waals surface area contributed by atoms with Gasteiger partial charge in [-0.15, -0.1) is 0 Å². The van der Waals surface area contributed by atoms with E-state index in [1.165, 1.54) is 12.0 Å². The molecule has 3 atom stereocenters. The second-order valence-corrected chi connectivity index (χ2v) is 5.59. The van der Waals surface area contributed by atoms with Gasteiger partial charge in [-0.2, -0.15) is 0 Å². The van der Waals surface area contributed by atoms with Crippen LogP contribution < -0.4 is 0 Å². The van der Waals surface area contributed by atoms with Gasteiger partial charge < -0.3 is 10.0 Å². The number of piperidine rings is 1. The third-order valence-corrected chi connectivity index (χ3v) is 4.54. The summed E-state index contributed by atoms with van der Waals surface area (Å²) in [4.78, 5) is 2.31. The number of hydrogen-bond acceptors (Lipinski definition) is 2. The fraction of sp³-hybridized carbons (Fsp3) is 0.571. The highest BCUT2D eigenvalue weighted by atomic mass is 16.3. The molecule has 3 rings (SSSR count). The third kappa shape index (κ3) is 1.26. The summed E-state index contributed by atoms with van der Waals surface area (Å²) in [7, 11) is 2.13. The molecule has 0 aromatic heterocycles. The summed E-state index contributed by atoms with van der Waals surface area (Å²) >= 11 is 0. The van der Waals surface area contributed by atoms with Crippen LogP contribution in [0.1, 0.15) is 37.0 Å². The minimum absolute atomic E-state index is 0.271. The minimum atomic E-state index is -0.311. The van der Waals surface area contributed by atoms with Crippen LogP contribution in [0.5, 0.6) is 0 Å². The fourth-order valence-electron chi connectivity index (χ4n) is 3.42. The normalized spacial score (nSPS) is 38.2. The van der Waals surface area contributed by atoms with Crippen LogP contribution in [0.4, 0.5) is 0 Å². The predicted octanol–water partition coefficient (Wildman–Crippen LogP) is 2.09. The molecule has 16 heavy (non-hydrogen) atoms. The molecule has 86 valence electrons. The van der Waals surface area contributed by atoms with E-state index in [4.69, 9.17) is 0 Å². The van der Waals surface area contributed by atoms with Gasteiger partial charge in [-0.3, -0.25) is 0 Å². The minimum Gasteiger partial charge on any atom is -0.387 e. The Balaban J connectivity index is 2.16. The lowest BCUT2D eigenvalue weighted by atomic mass is 9.64. The average Bonchev–Trinajstić information content (AvgIpc) is 2.31. The first kappa shape index (κ1) is 10.3. The van der Waals surface area contributed by atoms with Crippen LogP contribution in [0.2, 0.25) is 0 Å². The van der Waals surface area contributed by atoms with Crippen molar-refractivity contribution >= 4 is 0 Å². The molecule has 1 aliphatic carbocycles. The zero-order chi connectivity index (χ0) is 11.3. The lowest BCUT2D eigenvalue weighted by Gasteiger charge is -2.50. The first-order valence-corrected chi connectivity index (χ1v) is 6.09. The zero-order valence-corrected chi connectivity index (χ0v) is 9.98. The molecule has 1 N–H and O–H groups in total. The molecule has 3 unspecified atom stereocenters. The molecule has 0 radical (unpaired) electrons. The van der Waals surface area contributed by atoms with Crippen LogP contribution in [0.15, 0.2) is 24.3 Å². The standard InChI is InChI=1S/C14H19NO/c1-14-7-8-15(2)12(9-14)13(16)10-5-3-4-6-11(10)14/h3-6,12-13,16H,7-9H2,1-2H3. The van der Waals surface area contributed by atoms with E-state index in [0.717, 1.165) is 18.5 Å². The van der Waals surface area contributed by atoms with Crippen LogP contribution in [-0.4, -0.2) is 29.6 Å². The Kier molecular flexibility index (Phi) is 2.13. The Labute approximate surface area is 96.9 Å².